The molecule has 8 heteroatoms. The van der Waals surface area contributed by atoms with Crippen molar-refractivity contribution in [1.82, 2.24) is 14.8 Å². The Labute approximate surface area is 167 Å². The Morgan fingerprint density at radius 3 is 2.43 bits per heavy atom. The fraction of sp³-hybridized carbons (Fsp3) is 0.300. The van der Waals surface area contributed by atoms with Gasteiger partial charge in [0, 0.05) is 24.8 Å². The zero-order chi connectivity index (χ0) is 19.7. The van der Waals surface area contributed by atoms with E-state index in [-0.39, 0.29) is 11.5 Å². The molecule has 0 spiro atoms. The zero-order valence-electron chi connectivity index (χ0n) is 15.6. The number of benzene rings is 2. The van der Waals surface area contributed by atoms with Gasteiger partial charge in [0.15, 0.2) is 10.6 Å². The number of aromatic hydroxyl groups is 2. The highest BCUT2D eigenvalue weighted by molar-refractivity contribution is 7.71. The maximum atomic E-state index is 10.4. The summed E-state index contributed by atoms with van der Waals surface area (Å²) < 4.78 is 7.62. The second kappa shape index (κ2) is 7.65. The molecule has 0 unspecified atom stereocenters. The molecule has 1 saturated heterocycles. The third-order valence-corrected chi connectivity index (χ3v) is 5.25. The number of aromatic nitrogens is 3. The van der Waals surface area contributed by atoms with E-state index in [1.165, 1.54) is 6.07 Å². The molecule has 3 aromatic rings. The minimum atomic E-state index is -0.0464. The lowest BCUT2D eigenvalue weighted by molar-refractivity contribution is 0.122. The molecule has 1 aliphatic heterocycles. The average Bonchev–Trinajstić information content (AvgIpc) is 3.10. The van der Waals surface area contributed by atoms with Crippen molar-refractivity contribution in [2.45, 2.75) is 13.3 Å². The van der Waals surface area contributed by atoms with Crippen LogP contribution in [0.15, 0.2) is 36.4 Å². The number of aryl methyl sites for hydroxylation is 1. The maximum Gasteiger partial charge on any atom is 0.200 e. The summed E-state index contributed by atoms with van der Waals surface area (Å²) in [7, 11) is 0. The van der Waals surface area contributed by atoms with Gasteiger partial charge < -0.3 is 19.8 Å². The third kappa shape index (κ3) is 3.36. The molecule has 1 aromatic heterocycles. The summed E-state index contributed by atoms with van der Waals surface area (Å²) in [6.45, 7) is 5.16. The molecule has 0 saturated carbocycles. The van der Waals surface area contributed by atoms with Crippen molar-refractivity contribution in [2.24, 2.45) is 0 Å². The molecule has 28 heavy (non-hydrogen) atoms. The number of phenolic OH excluding ortho intramolecular Hbond substituents is 2. The van der Waals surface area contributed by atoms with E-state index in [9.17, 15) is 10.2 Å². The van der Waals surface area contributed by atoms with E-state index < -0.39 is 0 Å². The highest BCUT2D eigenvalue weighted by Gasteiger charge is 2.17. The summed E-state index contributed by atoms with van der Waals surface area (Å²) in [5, 5.41) is 27.5. The summed E-state index contributed by atoms with van der Waals surface area (Å²) in [4.78, 5) is 2.28. The monoisotopic (exact) mass is 398 g/mol. The van der Waals surface area contributed by atoms with Crippen molar-refractivity contribution >= 4 is 17.9 Å². The fourth-order valence-corrected chi connectivity index (χ4v) is 3.67. The number of nitrogens with one attached hydrogen (secondary N) is 1. The van der Waals surface area contributed by atoms with Gasteiger partial charge in [-0.25, -0.2) is 0 Å². The van der Waals surface area contributed by atoms with E-state index in [2.05, 4.69) is 15.1 Å². The second-order valence-corrected chi connectivity index (χ2v) is 7.04. The Kier molecular flexibility index (Phi) is 5.06. The molecule has 2 heterocycles. The Hall–Kier alpha value is -2.84. The van der Waals surface area contributed by atoms with Gasteiger partial charge in [-0.2, -0.15) is 5.10 Å². The number of aromatic amines is 1. The minimum absolute atomic E-state index is 0.0464. The molecule has 146 valence electrons. The van der Waals surface area contributed by atoms with Crippen LogP contribution in [0.4, 0.5) is 5.69 Å². The molecule has 0 bridgehead atoms. The number of H-pyrrole nitrogens is 1. The van der Waals surface area contributed by atoms with Crippen molar-refractivity contribution in [2.75, 3.05) is 31.2 Å². The molecule has 1 aliphatic rings. The highest BCUT2D eigenvalue weighted by Crippen LogP contribution is 2.35. The van der Waals surface area contributed by atoms with Crippen LogP contribution in [0.25, 0.3) is 17.1 Å². The quantitative estimate of drug-likeness (QED) is 0.584. The van der Waals surface area contributed by atoms with E-state index in [4.69, 9.17) is 17.0 Å². The summed E-state index contributed by atoms with van der Waals surface area (Å²) in [5.41, 5.74) is 3.22. The van der Waals surface area contributed by atoms with Gasteiger partial charge in [-0.3, -0.25) is 9.67 Å². The van der Waals surface area contributed by atoms with Gasteiger partial charge in [-0.05, 0) is 54.5 Å². The topological polar surface area (TPSA) is 86.5 Å². The van der Waals surface area contributed by atoms with Gasteiger partial charge in [-0.15, -0.1) is 0 Å². The minimum Gasteiger partial charge on any atom is -0.508 e. The Morgan fingerprint density at radius 2 is 1.75 bits per heavy atom. The number of rotatable bonds is 4. The van der Waals surface area contributed by atoms with Gasteiger partial charge in [0.25, 0.3) is 0 Å². The van der Waals surface area contributed by atoms with Crippen LogP contribution in [0.5, 0.6) is 11.5 Å². The number of ether oxygens (including phenoxy) is 1. The van der Waals surface area contributed by atoms with Crippen LogP contribution >= 0.6 is 12.2 Å². The van der Waals surface area contributed by atoms with Crippen LogP contribution in [0, 0.1) is 4.77 Å². The molecule has 0 atom stereocenters. The van der Waals surface area contributed by atoms with Gasteiger partial charge in [0.1, 0.15) is 11.5 Å². The number of hydrogen-bond donors (Lipinski definition) is 3. The number of phenols is 2. The number of hydrogen-bond acceptors (Lipinski definition) is 6. The third-order valence-electron chi connectivity index (χ3n) is 4.98. The first-order valence-electron chi connectivity index (χ1n) is 9.24. The van der Waals surface area contributed by atoms with E-state index in [0.29, 0.717) is 22.6 Å². The van der Waals surface area contributed by atoms with Crippen molar-refractivity contribution < 1.29 is 14.9 Å². The summed E-state index contributed by atoms with van der Waals surface area (Å²) in [6, 6.07) is 11.2. The predicted molar refractivity (Wildman–Crippen MR) is 110 cm³/mol. The van der Waals surface area contributed by atoms with Crippen molar-refractivity contribution in [3.63, 3.8) is 0 Å². The van der Waals surface area contributed by atoms with Crippen molar-refractivity contribution in [3.05, 3.63) is 46.7 Å². The Bertz CT molecular complexity index is 1040. The first-order valence-corrected chi connectivity index (χ1v) is 9.65. The van der Waals surface area contributed by atoms with Crippen LogP contribution in [0.2, 0.25) is 0 Å². The van der Waals surface area contributed by atoms with Crippen LogP contribution in [-0.2, 0) is 11.2 Å². The first-order chi connectivity index (χ1) is 13.6. The molecule has 7 nitrogen and oxygen atoms in total. The fourth-order valence-electron chi connectivity index (χ4n) is 3.44. The molecular weight excluding hydrogens is 376 g/mol. The van der Waals surface area contributed by atoms with Gasteiger partial charge in [-0.1, -0.05) is 6.92 Å². The second-order valence-electron chi connectivity index (χ2n) is 6.66. The van der Waals surface area contributed by atoms with Crippen LogP contribution < -0.4 is 4.90 Å². The van der Waals surface area contributed by atoms with Crippen molar-refractivity contribution in [3.8, 4) is 28.6 Å². The molecule has 4 rings (SSSR count). The molecule has 2 aromatic carbocycles. The number of morpholine rings is 1. The van der Waals surface area contributed by atoms with Gasteiger partial charge >= 0.3 is 0 Å². The Balaban J connectivity index is 1.74. The molecule has 3 N–H and O–H groups in total. The first kappa shape index (κ1) is 18.5. The van der Waals surface area contributed by atoms with Gasteiger partial charge in [0.05, 0.1) is 24.5 Å². The molecular formula is C20H22N4O3S. The van der Waals surface area contributed by atoms with Crippen LogP contribution in [0.1, 0.15) is 12.5 Å². The summed E-state index contributed by atoms with van der Waals surface area (Å²) in [5.74, 6) is 0.519. The lowest BCUT2D eigenvalue weighted by atomic mass is 10.1. The lowest BCUT2D eigenvalue weighted by Crippen LogP contribution is -2.36. The largest absolute Gasteiger partial charge is 0.508 e. The van der Waals surface area contributed by atoms with E-state index >= 15 is 0 Å². The summed E-state index contributed by atoms with van der Waals surface area (Å²) in [6.07, 6.45) is 0.637. The molecule has 0 aliphatic carbocycles. The SMILES string of the molecule is CCc1cc(-c2n[nH]c(=S)n2-c2ccc(N3CCOCC3)cc2)c(O)cc1O. The number of nitrogens with zero attached hydrogens (tertiary/aromatic N) is 3. The molecule has 1 fully saturated rings. The maximum absolute atomic E-state index is 10.4. The average molecular weight is 398 g/mol. The highest BCUT2D eigenvalue weighted by atomic mass is 32.1. The molecule has 0 radical (unpaired) electrons. The van der Waals surface area contributed by atoms with E-state index in [1.54, 1.807) is 10.6 Å². The van der Waals surface area contributed by atoms with E-state index in [1.807, 2.05) is 31.2 Å². The molecule has 0 amide bonds. The van der Waals surface area contributed by atoms with E-state index in [0.717, 1.165) is 43.2 Å². The smallest absolute Gasteiger partial charge is 0.200 e. The van der Waals surface area contributed by atoms with Gasteiger partial charge in [0.2, 0.25) is 0 Å². The number of anilines is 1. The van der Waals surface area contributed by atoms with Crippen LogP contribution in [0.3, 0.4) is 0 Å². The van der Waals surface area contributed by atoms with Crippen molar-refractivity contribution in [1.29, 1.82) is 0 Å². The Morgan fingerprint density at radius 1 is 1.07 bits per heavy atom. The summed E-state index contributed by atoms with van der Waals surface area (Å²) >= 11 is 5.43. The normalized spacial score (nSPS) is 14.4. The van der Waals surface area contributed by atoms with Crippen LogP contribution in [-0.4, -0.2) is 51.3 Å². The predicted octanol–water partition coefficient (Wildman–Crippen LogP) is 3.41. The standard InChI is InChI=1S/C20H22N4O3S/c1-2-13-11-16(18(26)12-17(13)25)19-21-22-20(28)24(19)15-5-3-14(4-6-15)23-7-9-27-10-8-23/h3-6,11-12,25-26H,2,7-10H2,1H3,(H,22,28). The zero-order valence-corrected chi connectivity index (χ0v) is 16.4. The lowest BCUT2D eigenvalue weighted by Gasteiger charge is -2.29.